The number of hydrogen-bond donors (Lipinski definition) is 2. The van der Waals surface area contributed by atoms with Gasteiger partial charge in [-0.3, -0.25) is 4.79 Å². The predicted molar refractivity (Wildman–Crippen MR) is 91.6 cm³/mol. The fourth-order valence-electron chi connectivity index (χ4n) is 3.12. The van der Waals surface area contributed by atoms with Crippen molar-refractivity contribution in [2.45, 2.75) is 19.4 Å². The summed E-state index contributed by atoms with van der Waals surface area (Å²) >= 11 is 0. The van der Waals surface area contributed by atoms with Crippen molar-refractivity contribution in [2.24, 2.45) is 5.92 Å². The Balaban J connectivity index is 1.63. The number of amides is 1. The fraction of sp³-hybridized carbons (Fsp3) is 0.389. The zero-order valence-corrected chi connectivity index (χ0v) is 13.7. The molecule has 1 amide bonds. The van der Waals surface area contributed by atoms with Gasteiger partial charge in [0, 0.05) is 31.8 Å². The number of aliphatic hydroxyl groups is 1. The van der Waals surface area contributed by atoms with Crippen molar-refractivity contribution >= 4 is 11.7 Å². The monoisotopic (exact) mass is 326 g/mol. The van der Waals surface area contributed by atoms with E-state index in [0.29, 0.717) is 19.5 Å². The van der Waals surface area contributed by atoms with Crippen LogP contribution in [-0.2, 0) is 11.2 Å². The third-order valence-corrected chi connectivity index (χ3v) is 4.52. The van der Waals surface area contributed by atoms with E-state index in [9.17, 15) is 9.90 Å². The first-order chi connectivity index (χ1) is 11.7. The third-order valence-electron chi connectivity index (χ3n) is 4.52. The van der Waals surface area contributed by atoms with Crippen LogP contribution in [0.4, 0.5) is 5.82 Å². The second-order valence-corrected chi connectivity index (χ2v) is 6.19. The molecule has 6 nitrogen and oxygen atoms in total. The number of nitrogens with one attached hydrogen (secondary N) is 1. The molecule has 6 heteroatoms. The summed E-state index contributed by atoms with van der Waals surface area (Å²) in [6, 6.07) is 9.65. The molecule has 0 bridgehead atoms. The fourth-order valence-corrected chi connectivity index (χ4v) is 3.12. The quantitative estimate of drug-likeness (QED) is 0.855. The first-order valence-electron chi connectivity index (χ1n) is 8.13. The Kier molecular flexibility index (Phi) is 5.05. The van der Waals surface area contributed by atoms with Crippen molar-refractivity contribution in [3.05, 3.63) is 54.0 Å². The SMILES string of the molecule is Cc1ccccc1CC(=O)N[C@@H]1CN(c2ccncn2)C[C@H]1CO. The summed E-state index contributed by atoms with van der Waals surface area (Å²) in [4.78, 5) is 22.6. The number of benzene rings is 1. The number of hydrogen-bond acceptors (Lipinski definition) is 5. The van der Waals surface area contributed by atoms with E-state index in [0.717, 1.165) is 16.9 Å². The Morgan fingerprint density at radius 1 is 1.33 bits per heavy atom. The molecule has 3 rings (SSSR count). The van der Waals surface area contributed by atoms with Crippen molar-refractivity contribution < 1.29 is 9.90 Å². The molecule has 1 aliphatic rings. The van der Waals surface area contributed by atoms with Crippen molar-refractivity contribution in [1.29, 1.82) is 0 Å². The lowest BCUT2D eigenvalue weighted by Gasteiger charge is -2.18. The molecular weight excluding hydrogens is 304 g/mol. The van der Waals surface area contributed by atoms with Crippen molar-refractivity contribution in [3.8, 4) is 0 Å². The molecular formula is C18H22N4O2. The van der Waals surface area contributed by atoms with Gasteiger partial charge >= 0.3 is 0 Å². The lowest BCUT2D eigenvalue weighted by atomic mass is 10.0. The minimum absolute atomic E-state index is 0.000727. The van der Waals surface area contributed by atoms with Gasteiger partial charge in [0.1, 0.15) is 12.1 Å². The highest BCUT2D eigenvalue weighted by atomic mass is 16.3. The summed E-state index contributed by atoms with van der Waals surface area (Å²) < 4.78 is 0. The molecule has 2 N–H and O–H groups in total. The lowest BCUT2D eigenvalue weighted by Crippen LogP contribution is -2.42. The van der Waals surface area contributed by atoms with E-state index in [4.69, 9.17) is 0 Å². The maximum absolute atomic E-state index is 12.4. The number of anilines is 1. The molecule has 1 aliphatic heterocycles. The average molecular weight is 326 g/mol. The van der Waals surface area contributed by atoms with Crippen molar-refractivity contribution in [3.63, 3.8) is 0 Å². The Hall–Kier alpha value is -2.47. The highest BCUT2D eigenvalue weighted by molar-refractivity contribution is 5.79. The van der Waals surface area contributed by atoms with Crippen LogP contribution in [0, 0.1) is 12.8 Å². The van der Waals surface area contributed by atoms with E-state index in [1.165, 1.54) is 6.33 Å². The van der Waals surface area contributed by atoms with Crippen LogP contribution in [0.25, 0.3) is 0 Å². The van der Waals surface area contributed by atoms with Crippen LogP contribution in [0.5, 0.6) is 0 Å². The second kappa shape index (κ2) is 7.40. The van der Waals surface area contributed by atoms with Gasteiger partial charge < -0.3 is 15.3 Å². The van der Waals surface area contributed by atoms with Gasteiger partial charge in [-0.2, -0.15) is 0 Å². The van der Waals surface area contributed by atoms with Crippen LogP contribution in [0.1, 0.15) is 11.1 Å². The van der Waals surface area contributed by atoms with Crippen LogP contribution < -0.4 is 10.2 Å². The molecule has 0 unspecified atom stereocenters. The Morgan fingerprint density at radius 3 is 2.88 bits per heavy atom. The average Bonchev–Trinajstić information content (AvgIpc) is 3.00. The zero-order valence-electron chi connectivity index (χ0n) is 13.7. The molecule has 2 aromatic rings. The van der Waals surface area contributed by atoms with Crippen LogP contribution >= 0.6 is 0 Å². The first-order valence-corrected chi connectivity index (χ1v) is 8.13. The van der Waals surface area contributed by atoms with Gasteiger partial charge in [-0.25, -0.2) is 9.97 Å². The van der Waals surface area contributed by atoms with Crippen LogP contribution in [0.15, 0.2) is 42.9 Å². The van der Waals surface area contributed by atoms with Gasteiger partial charge in [-0.05, 0) is 24.1 Å². The minimum atomic E-state index is -0.0820. The Labute approximate surface area is 141 Å². The van der Waals surface area contributed by atoms with E-state index in [1.54, 1.807) is 6.20 Å². The van der Waals surface area contributed by atoms with Gasteiger partial charge in [0.15, 0.2) is 0 Å². The number of aromatic nitrogens is 2. The van der Waals surface area contributed by atoms with Gasteiger partial charge in [-0.15, -0.1) is 0 Å². The Morgan fingerprint density at radius 2 is 2.17 bits per heavy atom. The first kappa shape index (κ1) is 16.4. The Bertz CT molecular complexity index is 692. The highest BCUT2D eigenvalue weighted by Crippen LogP contribution is 2.22. The predicted octanol–water partition coefficient (Wildman–Crippen LogP) is 0.941. The second-order valence-electron chi connectivity index (χ2n) is 6.19. The number of aryl methyl sites for hydroxylation is 1. The minimum Gasteiger partial charge on any atom is -0.396 e. The normalized spacial score (nSPS) is 20.2. The standard InChI is InChI=1S/C18H22N4O2/c1-13-4-2-3-5-14(13)8-18(24)21-16-10-22(9-15(16)11-23)17-6-7-19-12-20-17/h2-7,12,15-16,23H,8-11H2,1H3,(H,21,24)/t15-,16+/m0/s1. The van der Waals surface area contributed by atoms with Crippen molar-refractivity contribution in [2.75, 3.05) is 24.6 Å². The van der Waals surface area contributed by atoms with Crippen LogP contribution in [-0.4, -0.2) is 46.7 Å². The molecule has 126 valence electrons. The highest BCUT2D eigenvalue weighted by Gasteiger charge is 2.33. The summed E-state index contributed by atoms with van der Waals surface area (Å²) in [5.41, 5.74) is 2.14. The van der Waals surface area contributed by atoms with E-state index < -0.39 is 0 Å². The lowest BCUT2D eigenvalue weighted by molar-refractivity contribution is -0.121. The summed E-state index contributed by atoms with van der Waals surface area (Å²) in [6.45, 7) is 3.35. The largest absolute Gasteiger partial charge is 0.396 e. The van der Waals surface area contributed by atoms with E-state index in [-0.39, 0.29) is 24.5 Å². The molecule has 1 aromatic heterocycles. The molecule has 1 fully saturated rings. The number of nitrogens with zero attached hydrogens (tertiary/aromatic N) is 3. The number of aliphatic hydroxyl groups excluding tert-OH is 1. The zero-order chi connectivity index (χ0) is 16.9. The molecule has 1 saturated heterocycles. The number of carbonyl (C=O) groups excluding carboxylic acids is 1. The van der Waals surface area contributed by atoms with Gasteiger partial charge in [-0.1, -0.05) is 24.3 Å². The number of rotatable bonds is 5. The maximum atomic E-state index is 12.4. The molecule has 24 heavy (non-hydrogen) atoms. The van der Waals surface area contributed by atoms with Gasteiger partial charge in [0.2, 0.25) is 5.91 Å². The molecule has 0 aliphatic carbocycles. The third kappa shape index (κ3) is 3.71. The summed E-state index contributed by atoms with van der Waals surface area (Å²) in [5.74, 6) is 0.803. The molecule has 1 aromatic carbocycles. The van der Waals surface area contributed by atoms with E-state index >= 15 is 0 Å². The molecule has 0 saturated carbocycles. The van der Waals surface area contributed by atoms with Crippen LogP contribution in [0.2, 0.25) is 0 Å². The number of carbonyl (C=O) groups is 1. The topological polar surface area (TPSA) is 78.4 Å². The molecule has 2 heterocycles. The van der Waals surface area contributed by atoms with E-state index in [2.05, 4.69) is 20.2 Å². The van der Waals surface area contributed by atoms with Crippen LogP contribution in [0.3, 0.4) is 0 Å². The van der Waals surface area contributed by atoms with E-state index in [1.807, 2.05) is 37.3 Å². The molecule has 0 radical (unpaired) electrons. The molecule has 0 spiro atoms. The smallest absolute Gasteiger partial charge is 0.224 e. The van der Waals surface area contributed by atoms with Gasteiger partial charge in [0.05, 0.1) is 12.5 Å². The summed E-state index contributed by atoms with van der Waals surface area (Å²) in [7, 11) is 0. The maximum Gasteiger partial charge on any atom is 0.224 e. The molecule has 2 atom stereocenters. The van der Waals surface area contributed by atoms with Crippen molar-refractivity contribution in [1.82, 2.24) is 15.3 Å². The van der Waals surface area contributed by atoms with Gasteiger partial charge in [0.25, 0.3) is 0 Å². The summed E-state index contributed by atoms with van der Waals surface area (Å²) in [6.07, 6.45) is 3.56. The summed E-state index contributed by atoms with van der Waals surface area (Å²) in [5, 5.41) is 12.7.